The van der Waals surface area contributed by atoms with Crippen LogP contribution in [0.4, 0.5) is 0 Å². The van der Waals surface area contributed by atoms with Gasteiger partial charge in [0.15, 0.2) is 0 Å². The standard InChI is InChI=1S/C6H14BO6PS/c1-11-5-4(13-14(9,10)15)3(2-8)12-6(5)7/h3-6,8H,2,7H2,1H3,(H2,9,10,15)/t3-,4?,5?,6-/m1/s1. The Morgan fingerprint density at radius 1 is 1.60 bits per heavy atom. The highest BCUT2D eigenvalue weighted by atomic mass is 32.7. The fourth-order valence-electron chi connectivity index (χ4n) is 1.67. The molecule has 6 nitrogen and oxygen atoms in total. The zero-order valence-electron chi connectivity index (χ0n) is 8.44. The molecule has 1 fully saturated rings. The van der Waals surface area contributed by atoms with Gasteiger partial charge < -0.3 is 19.5 Å². The normalized spacial score (nSPS) is 40.3. The Bertz CT molecular complexity index is 260. The highest BCUT2D eigenvalue weighted by Gasteiger charge is 2.45. The van der Waals surface area contributed by atoms with E-state index in [1.54, 1.807) is 7.85 Å². The summed E-state index contributed by atoms with van der Waals surface area (Å²) in [5.74, 6) is 0. The van der Waals surface area contributed by atoms with Gasteiger partial charge in [0, 0.05) is 7.11 Å². The minimum atomic E-state index is -3.92. The molecule has 1 aliphatic rings. The smallest absolute Gasteiger partial charge is 0.383 e. The molecule has 1 saturated heterocycles. The van der Waals surface area contributed by atoms with Gasteiger partial charge in [-0.25, -0.2) is 4.57 Å². The van der Waals surface area contributed by atoms with Crippen molar-refractivity contribution in [1.82, 2.24) is 0 Å². The van der Waals surface area contributed by atoms with Crippen LogP contribution in [0.1, 0.15) is 0 Å². The summed E-state index contributed by atoms with van der Waals surface area (Å²) in [6, 6.07) is -0.308. The second-order valence-electron chi connectivity index (χ2n) is 3.32. The van der Waals surface area contributed by atoms with Crippen LogP contribution in [0.2, 0.25) is 0 Å². The molecule has 0 aliphatic carbocycles. The lowest BCUT2D eigenvalue weighted by atomic mass is 9.93. The molecular weight excluding hydrogens is 242 g/mol. The zero-order chi connectivity index (χ0) is 11.6. The van der Waals surface area contributed by atoms with Gasteiger partial charge in [0.1, 0.15) is 26.2 Å². The summed E-state index contributed by atoms with van der Waals surface area (Å²) in [4.78, 5) is 9.00. The van der Waals surface area contributed by atoms with Crippen molar-refractivity contribution < 1.29 is 28.6 Å². The molecule has 0 aromatic heterocycles. The van der Waals surface area contributed by atoms with Gasteiger partial charge in [-0.1, -0.05) is 12.2 Å². The Kier molecular flexibility index (Phi) is 4.67. The van der Waals surface area contributed by atoms with Crippen LogP contribution in [0.15, 0.2) is 0 Å². The number of thiol groups is 1. The summed E-state index contributed by atoms with van der Waals surface area (Å²) in [6.45, 7) is -4.22. The lowest BCUT2D eigenvalue weighted by Crippen LogP contribution is -2.37. The molecule has 0 aromatic rings. The minimum Gasteiger partial charge on any atom is -0.394 e. The van der Waals surface area contributed by atoms with Crippen LogP contribution in [0.3, 0.4) is 0 Å². The highest BCUT2D eigenvalue weighted by molar-refractivity contribution is 8.44. The van der Waals surface area contributed by atoms with Gasteiger partial charge in [0.25, 0.3) is 0 Å². The molecule has 9 heteroatoms. The first-order chi connectivity index (χ1) is 6.89. The molecule has 3 unspecified atom stereocenters. The molecule has 5 atom stereocenters. The average molecular weight is 256 g/mol. The monoisotopic (exact) mass is 256 g/mol. The minimum absolute atomic E-state index is 0.303. The Labute approximate surface area is 94.0 Å². The Morgan fingerprint density at radius 3 is 2.60 bits per heavy atom. The zero-order valence-corrected chi connectivity index (χ0v) is 10.2. The fraction of sp³-hybridized carbons (Fsp3) is 1.00. The summed E-state index contributed by atoms with van der Waals surface area (Å²) >= 11 is 3.41. The van der Waals surface area contributed by atoms with E-state index in [-0.39, 0.29) is 12.6 Å². The van der Waals surface area contributed by atoms with Gasteiger partial charge in [-0.2, -0.15) is 0 Å². The maximum atomic E-state index is 11.0. The molecule has 1 heterocycles. The molecule has 0 spiro atoms. The van der Waals surface area contributed by atoms with Crippen LogP contribution >= 0.6 is 19.0 Å². The largest absolute Gasteiger partial charge is 0.394 e. The van der Waals surface area contributed by atoms with Gasteiger partial charge in [0.05, 0.1) is 12.6 Å². The van der Waals surface area contributed by atoms with Gasteiger partial charge in [-0.15, -0.1) is 0 Å². The summed E-state index contributed by atoms with van der Waals surface area (Å²) in [5.41, 5.74) is 0. The predicted octanol–water partition coefficient (Wildman–Crippen LogP) is -1.23. The number of ether oxygens (including phenoxy) is 2. The van der Waals surface area contributed by atoms with Crippen molar-refractivity contribution in [2.45, 2.75) is 24.3 Å². The van der Waals surface area contributed by atoms with E-state index in [9.17, 15) is 4.57 Å². The third-order valence-corrected chi connectivity index (χ3v) is 3.05. The summed E-state index contributed by atoms with van der Waals surface area (Å²) in [5, 5.41) is 9.01. The van der Waals surface area contributed by atoms with Crippen molar-refractivity contribution in [3.63, 3.8) is 0 Å². The van der Waals surface area contributed by atoms with Crippen molar-refractivity contribution in [3.8, 4) is 0 Å². The maximum absolute atomic E-state index is 11.0. The molecule has 0 amide bonds. The van der Waals surface area contributed by atoms with E-state index in [2.05, 4.69) is 12.2 Å². The van der Waals surface area contributed by atoms with Crippen LogP contribution in [-0.4, -0.2) is 55.9 Å². The van der Waals surface area contributed by atoms with Gasteiger partial charge >= 0.3 is 6.80 Å². The topological polar surface area (TPSA) is 85.2 Å². The highest BCUT2D eigenvalue weighted by Crippen LogP contribution is 2.50. The molecule has 88 valence electrons. The number of rotatable bonds is 4. The maximum Gasteiger partial charge on any atom is 0.383 e. The van der Waals surface area contributed by atoms with Crippen molar-refractivity contribution in [1.29, 1.82) is 0 Å². The second-order valence-corrected chi connectivity index (χ2v) is 6.03. The molecule has 1 aliphatic heterocycles. The van der Waals surface area contributed by atoms with E-state index in [4.69, 9.17) is 24.0 Å². The summed E-state index contributed by atoms with van der Waals surface area (Å²) in [6.07, 6.45) is -1.95. The average Bonchev–Trinajstić information content (AvgIpc) is 2.39. The Hall–Kier alpha value is 0.445. The molecule has 0 aromatic carbocycles. The van der Waals surface area contributed by atoms with Crippen molar-refractivity contribution >= 4 is 26.9 Å². The van der Waals surface area contributed by atoms with Crippen LogP contribution in [-0.2, 0) is 18.6 Å². The molecule has 0 bridgehead atoms. The first kappa shape index (κ1) is 13.5. The number of aliphatic hydroxyl groups excluding tert-OH is 1. The first-order valence-corrected chi connectivity index (χ1v) is 7.15. The SMILES string of the molecule is B[C@@H]1O[C@H](CO)C(OP(=O)(O)S)C1OC. The van der Waals surface area contributed by atoms with E-state index in [1.807, 2.05) is 0 Å². The molecular formula is C6H14BO6PS. The number of hydrogen-bond donors (Lipinski definition) is 3. The molecule has 0 saturated carbocycles. The third-order valence-electron chi connectivity index (χ3n) is 2.25. The van der Waals surface area contributed by atoms with Crippen LogP contribution in [0, 0.1) is 0 Å². The van der Waals surface area contributed by atoms with Crippen molar-refractivity contribution in [2.24, 2.45) is 0 Å². The summed E-state index contributed by atoms with van der Waals surface area (Å²) < 4.78 is 26.2. The van der Waals surface area contributed by atoms with Crippen LogP contribution in [0.5, 0.6) is 0 Å². The summed E-state index contributed by atoms with van der Waals surface area (Å²) in [7, 11) is 3.18. The molecule has 0 radical (unpaired) electrons. The van der Waals surface area contributed by atoms with E-state index in [1.165, 1.54) is 7.11 Å². The quantitative estimate of drug-likeness (QED) is 0.331. The second kappa shape index (κ2) is 5.18. The van der Waals surface area contributed by atoms with Crippen LogP contribution in [0.25, 0.3) is 0 Å². The van der Waals surface area contributed by atoms with E-state index in [0.29, 0.717) is 0 Å². The van der Waals surface area contributed by atoms with Gasteiger partial charge in [-0.3, -0.25) is 4.52 Å². The van der Waals surface area contributed by atoms with Gasteiger partial charge in [-0.05, 0) is 0 Å². The Morgan fingerprint density at radius 2 is 2.20 bits per heavy atom. The fourth-order valence-corrected chi connectivity index (χ4v) is 2.57. The first-order valence-electron chi connectivity index (χ1n) is 4.42. The molecule has 1 rings (SSSR count). The molecule has 2 N–H and O–H groups in total. The third kappa shape index (κ3) is 3.46. The molecule has 15 heavy (non-hydrogen) atoms. The lowest BCUT2D eigenvalue weighted by Gasteiger charge is -2.22. The van der Waals surface area contributed by atoms with Crippen molar-refractivity contribution in [3.05, 3.63) is 0 Å². The number of methoxy groups -OCH3 is 1. The van der Waals surface area contributed by atoms with Gasteiger partial charge in [0.2, 0.25) is 0 Å². The van der Waals surface area contributed by atoms with E-state index >= 15 is 0 Å². The van der Waals surface area contributed by atoms with E-state index < -0.39 is 25.1 Å². The lowest BCUT2D eigenvalue weighted by molar-refractivity contribution is -0.00307. The van der Waals surface area contributed by atoms with Crippen LogP contribution < -0.4 is 0 Å². The van der Waals surface area contributed by atoms with Crippen molar-refractivity contribution in [2.75, 3.05) is 13.7 Å². The predicted molar refractivity (Wildman–Crippen MR) is 58.8 cm³/mol. The van der Waals surface area contributed by atoms with E-state index in [0.717, 1.165) is 0 Å². The number of aliphatic hydroxyl groups is 1. The number of hydrogen-bond acceptors (Lipinski definition) is 5. The Balaban J connectivity index is 2.76.